The molecule has 3 heterocycles. The molecular formula is C34H40FN7O2. The van der Waals surface area contributed by atoms with Crippen molar-refractivity contribution in [3.8, 4) is 6.01 Å². The minimum atomic E-state index is -1.00. The summed E-state index contributed by atoms with van der Waals surface area (Å²) in [6, 6.07) is 12.7. The second kappa shape index (κ2) is 12.8. The number of hydrogen-bond acceptors (Lipinski definition) is 7. The Morgan fingerprint density at radius 1 is 1.16 bits per heavy atom. The lowest BCUT2D eigenvalue weighted by Gasteiger charge is -2.41. The highest BCUT2D eigenvalue weighted by atomic mass is 19.1. The molecule has 0 radical (unpaired) electrons. The van der Waals surface area contributed by atoms with E-state index >= 15 is 0 Å². The van der Waals surface area contributed by atoms with E-state index < -0.39 is 17.8 Å². The van der Waals surface area contributed by atoms with Crippen molar-refractivity contribution in [1.29, 1.82) is 0 Å². The lowest BCUT2D eigenvalue weighted by Crippen LogP contribution is -2.57. The van der Waals surface area contributed by atoms with Gasteiger partial charge in [0.05, 0.1) is 12.2 Å². The van der Waals surface area contributed by atoms with Gasteiger partial charge in [0.2, 0.25) is 6.54 Å². The van der Waals surface area contributed by atoms with Crippen molar-refractivity contribution >= 4 is 28.2 Å². The number of anilines is 2. The van der Waals surface area contributed by atoms with E-state index in [-0.39, 0.29) is 13.1 Å². The largest absolute Gasteiger partial charge is 0.462 e. The smallest absolute Gasteiger partial charge is 0.318 e. The molecule has 1 amide bonds. The molecule has 1 atom stereocenters. The van der Waals surface area contributed by atoms with Crippen LogP contribution in [0.2, 0.25) is 0 Å². The van der Waals surface area contributed by atoms with Gasteiger partial charge in [0.15, 0.2) is 5.83 Å². The maximum atomic E-state index is 13.8. The van der Waals surface area contributed by atoms with Gasteiger partial charge in [0.1, 0.15) is 18.5 Å². The Balaban J connectivity index is 1.30. The Morgan fingerprint density at radius 3 is 2.70 bits per heavy atom. The molecule has 0 N–H and O–H groups in total. The van der Waals surface area contributed by atoms with Crippen LogP contribution in [0.15, 0.2) is 48.8 Å². The summed E-state index contributed by atoms with van der Waals surface area (Å²) in [7, 11) is 2.12. The average molecular weight is 598 g/mol. The molecule has 3 aromatic rings. The number of nitrogens with zero attached hydrogens (tertiary/aromatic N) is 7. The first-order valence-corrected chi connectivity index (χ1v) is 15.5. The quantitative estimate of drug-likeness (QED) is 0.249. The number of benzene rings is 2. The van der Waals surface area contributed by atoms with Crippen LogP contribution in [0.5, 0.6) is 6.01 Å². The van der Waals surface area contributed by atoms with Crippen LogP contribution >= 0.6 is 0 Å². The minimum Gasteiger partial charge on any atom is -0.462 e. The maximum Gasteiger partial charge on any atom is 0.318 e. The summed E-state index contributed by atoms with van der Waals surface area (Å²) >= 11 is 0. The molecule has 1 aromatic heterocycles. The maximum absolute atomic E-state index is 13.8. The Bertz CT molecular complexity index is 1600. The fourth-order valence-corrected chi connectivity index (χ4v) is 6.55. The first-order chi connectivity index (χ1) is 21.3. The molecule has 1 saturated heterocycles. The predicted molar refractivity (Wildman–Crippen MR) is 171 cm³/mol. The zero-order valence-corrected chi connectivity index (χ0v) is 25.6. The van der Waals surface area contributed by atoms with Crippen LogP contribution in [0, 0.1) is 19.4 Å². The lowest BCUT2D eigenvalue weighted by molar-refractivity contribution is -0.131. The number of aryl methyl sites for hydroxylation is 1. The summed E-state index contributed by atoms with van der Waals surface area (Å²) < 4.78 is 20.0. The summed E-state index contributed by atoms with van der Waals surface area (Å²) in [6.07, 6.45) is 3.36. The fourth-order valence-electron chi connectivity index (χ4n) is 6.55. The van der Waals surface area contributed by atoms with Gasteiger partial charge in [0.25, 0.3) is 5.91 Å². The van der Waals surface area contributed by atoms with Crippen molar-refractivity contribution in [3.05, 3.63) is 77.0 Å². The average Bonchev–Trinajstić information content (AvgIpc) is 3.84. The number of aromatic nitrogens is 2. The van der Waals surface area contributed by atoms with Crippen LogP contribution in [0.1, 0.15) is 29.7 Å². The number of hydrogen-bond donors (Lipinski definition) is 0. The third-order valence-electron chi connectivity index (χ3n) is 9.00. The molecule has 1 saturated carbocycles. The molecule has 1 aliphatic carbocycles. The Hall–Kier alpha value is -4.23. The molecule has 10 heteroatoms. The molecule has 0 spiro atoms. The van der Waals surface area contributed by atoms with Gasteiger partial charge in [-0.05, 0) is 56.2 Å². The van der Waals surface area contributed by atoms with Gasteiger partial charge in [-0.1, -0.05) is 36.9 Å². The number of rotatable bonds is 10. The molecule has 2 aromatic carbocycles. The van der Waals surface area contributed by atoms with Gasteiger partial charge in [-0.25, -0.2) is 11.0 Å². The number of piperazine rings is 1. The summed E-state index contributed by atoms with van der Waals surface area (Å²) in [5.41, 5.74) is 4.41. The molecule has 0 unspecified atom stereocenters. The highest BCUT2D eigenvalue weighted by Crippen LogP contribution is 2.36. The number of amides is 1. The van der Waals surface area contributed by atoms with Crippen molar-refractivity contribution in [2.24, 2.45) is 5.92 Å². The van der Waals surface area contributed by atoms with Gasteiger partial charge < -0.3 is 29.2 Å². The molecule has 230 valence electrons. The van der Waals surface area contributed by atoms with Crippen molar-refractivity contribution in [2.75, 3.05) is 69.3 Å². The first-order valence-electron chi connectivity index (χ1n) is 15.5. The van der Waals surface area contributed by atoms with Gasteiger partial charge in [-0.2, -0.15) is 9.97 Å². The second-order valence-corrected chi connectivity index (χ2v) is 12.3. The van der Waals surface area contributed by atoms with Crippen molar-refractivity contribution in [3.63, 3.8) is 0 Å². The molecule has 0 bridgehead atoms. The van der Waals surface area contributed by atoms with Gasteiger partial charge in [0, 0.05) is 55.9 Å². The summed E-state index contributed by atoms with van der Waals surface area (Å²) in [5, 5.41) is 2.46. The number of likely N-dealkylation sites (N-methyl/N-ethyl adjacent to an activating group) is 1. The van der Waals surface area contributed by atoms with E-state index in [2.05, 4.69) is 76.5 Å². The van der Waals surface area contributed by atoms with Crippen LogP contribution in [-0.4, -0.2) is 91.2 Å². The number of fused-ring (bicyclic) bond motifs is 2. The van der Waals surface area contributed by atoms with Gasteiger partial charge in [-0.3, -0.25) is 4.79 Å². The van der Waals surface area contributed by atoms with Gasteiger partial charge in [-0.15, -0.1) is 0 Å². The zero-order chi connectivity index (χ0) is 30.8. The summed E-state index contributed by atoms with van der Waals surface area (Å²) in [6.45, 7) is 17.8. The molecular weight excluding hydrogens is 557 g/mol. The third-order valence-corrected chi connectivity index (χ3v) is 9.00. The minimum absolute atomic E-state index is 0.0771. The van der Waals surface area contributed by atoms with E-state index in [4.69, 9.17) is 21.3 Å². The Kier molecular flexibility index (Phi) is 8.67. The Labute approximate surface area is 258 Å². The molecule has 2 fully saturated rings. The molecule has 6 rings (SSSR count). The van der Waals surface area contributed by atoms with Crippen LogP contribution in [0.25, 0.3) is 15.6 Å². The highest BCUT2D eigenvalue weighted by Gasteiger charge is 2.36. The number of carbonyl (C=O) groups is 1. The van der Waals surface area contributed by atoms with Crippen molar-refractivity contribution < 1.29 is 13.9 Å². The van der Waals surface area contributed by atoms with E-state index in [1.807, 2.05) is 0 Å². The second-order valence-electron chi connectivity index (χ2n) is 12.3. The van der Waals surface area contributed by atoms with Crippen LogP contribution in [0.3, 0.4) is 0 Å². The molecule has 9 nitrogen and oxygen atoms in total. The molecule has 44 heavy (non-hydrogen) atoms. The number of ether oxygens (including phenoxy) is 1. The molecule has 2 aliphatic heterocycles. The molecule has 3 aliphatic rings. The zero-order valence-electron chi connectivity index (χ0n) is 25.6. The standard InChI is InChI=1S/C34H40FN7O2/c1-23-7-5-8-26-9-6-10-30(31(23)26)40-14-13-28-29(22-40)37-34(44-18-17-39(4)20-25-11-12-25)38-32(28)41-15-16-42(33(43)24(2)35)27(21-41)19-36-3/h5-10,25,27H,2,11-22H2,1,4H3/t27-/m0/s1. The van der Waals surface area contributed by atoms with Crippen LogP contribution in [0.4, 0.5) is 15.9 Å². The van der Waals surface area contributed by atoms with E-state index in [1.165, 1.54) is 39.8 Å². The number of halogens is 1. The highest BCUT2D eigenvalue weighted by molar-refractivity contribution is 5.97. The van der Waals surface area contributed by atoms with E-state index in [0.717, 1.165) is 49.0 Å². The predicted octanol–water partition coefficient (Wildman–Crippen LogP) is 4.64. The lowest BCUT2D eigenvalue weighted by atomic mass is 9.99. The van der Waals surface area contributed by atoms with E-state index in [1.54, 1.807) is 0 Å². The SMILES string of the molecule is [C-]#[N+]C[C@H]1CN(c2nc(OCCN(C)CC3CC3)nc3c2CCN(c2cccc4cccc(C)c24)C3)CCN1C(=O)C(=C)F. The van der Waals surface area contributed by atoms with E-state index in [0.29, 0.717) is 32.3 Å². The third kappa shape index (κ3) is 6.34. The monoisotopic (exact) mass is 597 g/mol. The van der Waals surface area contributed by atoms with Crippen molar-refractivity contribution in [2.45, 2.75) is 38.8 Å². The van der Waals surface area contributed by atoms with E-state index in [9.17, 15) is 9.18 Å². The fraction of sp³-hybridized carbons (Fsp3) is 0.471. The normalized spacial score (nSPS) is 18.3. The summed E-state index contributed by atoms with van der Waals surface area (Å²) in [5.74, 6) is -0.160. The summed E-state index contributed by atoms with van der Waals surface area (Å²) in [4.78, 5) is 34.2. The van der Waals surface area contributed by atoms with Crippen LogP contribution in [-0.2, 0) is 17.8 Å². The number of carbonyl (C=O) groups excluding carboxylic acids is 1. The van der Waals surface area contributed by atoms with Crippen LogP contribution < -0.4 is 14.5 Å². The van der Waals surface area contributed by atoms with Gasteiger partial charge >= 0.3 is 6.01 Å². The van der Waals surface area contributed by atoms with Crippen molar-refractivity contribution in [1.82, 2.24) is 19.8 Å². The Morgan fingerprint density at radius 2 is 1.95 bits per heavy atom. The first kappa shape index (κ1) is 29.8. The topological polar surface area (TPSA) is 69.4 Å².